The van der Waals surface area contributed by atoms with E-state index in [-0.39, 0.29) is 12.0 Å². The van der Waals surface area contributed by atoms with E-state index >= 15 is 0 Å². The molecule has 1 amide bonds. The first-order valence-corrected chi connectivity index (χ1v) is 7.82. The third kappa shape index (κ3) is 3.94. The van der Waals surface area contributed by atoms with Crippen molar-refractivity contribution >= 4 is 5.91 Å². The molecule has 1 saturated carbocycles. The van der Waals surface area contributed by atoms with Gasteiger partial charge in [-0.05, 0) is 31.7 Å². The highest BCUT2D eigenvalue weighted by Gasteiger charge is 2.19. The highest BCUT2D eigenvalue weighted by Crippen LogP contribution is 2.18. The van der Waals surface area contributed by atoms with Crippen LogP contribution in [0.3, 0.4) is 0 Å². The van der Waals surface area contributed by atoms with Gasteiger partial charge in [-0.25, -0.2) is 4.98 Å². The summed E-state index contributed by atoms with van der Waals surface area (Å²) < 4.78 is 11.1. The number of nitrogens with one attached hydrogen (secondary N) is 1. The number of hydrogen-bond acceptors (Lipinski definition) is 4. The van der Waals surface area contributed by atoms with Crippen LogP contribution in [-0.4, -0.2) is 36.3 Å². The van der Waals surface area contributed by atoms with Gasteiger partial charge in [-0.15, -0.1) is 0 Å². The van der Waals surface area contributed by atoms with Crippen LogP contribution >= 0.6 is 0 Å². The maximum Gasteiger partial charge on any atom is 0.253 e. The van der Waals surface area contributed by atoms with Gasteiger partial charge in [0.2, 0.25) is 5.88 Å². The number of carbonyl (C=O) groups is 1. The monoisotopic (exact) mass is 290 g/mol. The van der Waals surface area contributed by atoms with E-state index < -0.39 is 0 Å². The summed E-state index contributed by atoms with van der Waals surface area (Å²) in [4.78, 5) is 16.3. The minimum Gasteiger partial charge on any atom is -0.475 e. The van der Waals surface area contributed by atoms with Gasteiger partial charge in [0.1, 0.15) is 6.61 Å². The fourth-order valence-electron chi connectivity index (χ4n) is 2.89. The van der Waals surface area contributed by atoms with Crippen molar-refractivity contribution in [3.63, 3.8) is 0 Å². The first-order chi connectivity index (χ1) is 10.3. The summed E-state index contributed by atoms with van der Waals surface area (Å²) in [6.07, 6.45) is 8.48. The number of nitrogens with zero attached hydrogens (tertiary/aromatic N) is 1. The lowest BCUT2D eigenvalue weighted by molar-refractivity contribution is 0.0663. The molecule has 1 unspecified atom stereocenters. The Morgan fingerprint density at radius 1 is 1.29 bits per heavy atom. The quantitative estimate of drug-likeness (QED) is 0.904. The molecule has 2 fully saturated rings. The zero-order valence-electron chi connectivity index (χ0n) is 12.2. The van der Waals surface area contributed by atoms with E-state index in [9.17, 15) is 4.79 Å². The van der Waals surface area contributed by atoms with Gasteiger partial charge in [-0.3, -0.25) is 4.79 Å². The average molecular weight is 290 g/mol. The summed E-state index contributed by atoms with van der Waals surface area (Å²) in [6, 6.07) is 3.84. The molecule has 1 N–H and O–H groups in total. The van der Waals surface area contributed by atoms with E-state index in [4.69, 9.17) is 9.47 Å². The molecular weight excluding hydrogens is 268 g/mol. The fraction of sp³-hybridized carbons (Fsp3) is 0.625. The second kappa shape index (κ2) is 6.89. The van der Waals surface area contributed by atoms with Gasteiger partial charge in [-0.1, -0.05) is 12.8 Å². The minimum absolute atomic E-state index is 0.0416. The molecule has 0 spiro atoms. The molecule has 5 heteroatoms. The molecule has 1 atom stereocenters. The van der Waals surface area contributed by atoms with Crippen molar-refractivity contribution in [1.29, 1.82) is 0 Å². The Morgan fingerprint density at radius 3 is 2.81 bits per heavy atom. The number of ether oxygens (including phenoxy) is 2. The lowest BCUT2D eigenvalue weighted by atomic mass is 10.2. The van der Waals surface area contributed by atoms with Gasteiger partial charge < -0.3 is 14.8 Å². The number of pyridine rings is 1. The van der Waals surface area contributed by atoms with E-state index in [1.54, 1.807) is 18.3 Å². The SMILES string of the molecule is O=C(NC1CCCC1)c1ccc(OCC2CCCO2)nc1. The Labute approximate surface area is 125 Å². The number of hydrogen-bond donors (Lipinski definition) is 1. The molecule has 2 aliphatic rings. The van der Waals surface area contributed by atoms with Crippen molar-refractivity contribution in [2.75, 3.05) is 13.2 Å². The first kappa shape index (κ1) is 14.3. The van der Waals surface area contributed by atoms with Crippen LogP contribution in [0.4, 0.5) is 0 Å². The molecule has 1 saturated heterocycles. The summed E-state index contributed by atoms with van der Waals surface area (Å²) in [7, 11) is 0. The lowest BCUT2D eigenvalue weighted by Gasteiger charge is -2.13. The van der Waals surface area contributed by atoms with Gasteiger partial charge in [0.15, 0.2) is 0 Å². The molecule has 114 valence electrons. The fourth-order valence-corrected chi connectivity index (χ4v) is 2.89. The van der Waals surface area contributed by atoms with Crippen LogP contribution in [0.2, 0.25) is 0 Å². The van der Waals surface area contributed by atoms with Crippen LogP contribution in [-0.2, 0) is 4.74 Å². The molecule has 0 bridgehead atoms. The number of carbonyl (C=O) groups excluding carboxylic acids is 1. The maximum atomic E-state index is 12.1. The molecule has 21 heavy (non-hydrogen) atoms. The second-order valence-electron chi connectivity index (χ2n) is 5.79. The predicted molar refractivity (Wildman–Crippen MR) is 78.4 cm³/mol. The number of amides is 1. The molecule has 1 aromatic heterocycles. The van der Waals surface area contributed by atoms with Gasteiger partial charge >= 0.3 is 0 Å². The van der Waals surface area contributed by atoms with Gasteiger partial charge in [0.05, 0.1) is 11.7 Å². The van der Waals surface area contributed by atoms with E-state index in [2.05, 4.69) is 10.3 Å². The lowest BCUT2D eigenvalue weighted by Crippen LogP contribution is -2.32. The average Bonchev–Trinajstić information content (AvgIpc) is 3.19. The molecular formula is C16H22N2O3. The van der Waals surface area contributed by atoms with Crippen molar-refractivity contribution in [2.45, 2.75) is 50.7 Å². The minimum atomic E-state index is -0.0416. The highest BCUT2D eigenvalue weighted by molar-refractivity contribution is 5.94. The molecule has 0 radical (unpaired) electrons. The Bertz CT molecular complexity index is 463. The molecule has 1 aliphatic heterocycles. The predicted octanol–water partition coefficient (Wildman–Crippen LogP) is 2.31. The van der Waals surface area contributed by atoms with E-state index in [1.165, 1.54) is 12.8 Å². The van der Waals surface area contributed by atoms with Crippen LogP contribution in [0.1, 0.15) is 48.9 Å². The topological polar surface area (TPSA) is 60.5 Å². The van der Waals surface area contributed by atoms with E-state index in [1.807, 2.05) is 0 Å². The summed E-state index contributed by atoms with van der Waals surface area (Å²) in [5, 5.41) is 3.05. The molecule has 3 rings (SSSR count). The standard InChI is InChI=1S/C16H22N2O3/c19-16(18-13-4-1-2-5-13)12-7-8-15(17-10-12)21-11-14-6-3-9-20-14/h7-8,10,13-14H,1-6,9,11H2,(H,18,19). The van der Waals surface area contributed by atoms with Gasteiger partial charge in [-0.2, -0.15) is 0 Å². The van der Waals surface area contributed by atoms with E-state index in [0.29, 0.717) is 24.1 Å². The third-order valence-corrected chi connectivity index (χ3v) is 4.13. The Morgan fingerprint density at radius 2 is 2.14 bits per heavy atom. The Hall–Kier alpha value is -1.62. The Balaban J connectivity index is 1.49. The Kier molecular flexibility index (Phi) is 4.70. The van der Waals surface area contributed by atoms with E-state index in [0.717, 1.165) is 32.3 Å². The smallest absolute Gasteiger partial charge is 0.253 e. The maximum absolute atomic E-state index is 12.1. The zero-order chi connectivity index (χ0) is 14.5. The molecule has 1 aliphatic carbocycles. The number of aromatic nitrogens is 1. The molecule has 1 aromatic rings. The van der Waals surface area contributed by atoms with Crippen LogP contribution in [0.15, 0.2) is 18.3 Å². The normalized spacial score (nSPS) is 22.4. The summed E-state index contributed by atoms with van der Waals surface area (Å²) in [5.41, 5.74) is 0.589. The zero-order valence-corrected chi connectivity index (χ0v) is 12.2. The summed E-state index contributed by atoms with van der Waals surface area (Å²) in [6.45, 7) is 1.35. The summed E-state index contributed by atoms with van der Waals surface area (Å²) >= 11 is 0. The van der Waals surface area contributed by atoms with Crippen molar-refractivity contribution in [3.05, 3.63) is 23.9 Å². The van der Waals surface area contributed by atoms with Crippen molar-refractivity contribution in [3.8, 4) is 5.88 Å². The number of rotatable bonds is 5. The van der Waals surface area contributed by atoms with Gasteiger partial charge in [0, 0.05) is 24.9 Å². The van der Waals surface area contributed by atoms with Gasteiger partial charge in [0.25, 0.3) is 5.91 Å². The molecule has 0 aromatic carbocycles. The first-order valence-electron chi connectivity index (χ1n) is 7.82. The highest BCUT2D eigenvalue weighted by atomic mass is 16.5. The van der Waals surface area contributed by atoms with Crippen molar-refractivity contribution in [1.82, 2.24) is 10.3 Å². The van der Waals surface area contributed by atoms with Crippen LogP contribution < -0.4 is 10.1 Å². The van der Waals surface area contributed by atoms with Crippen molar-refractivity contribution in [2.24, 2.45) is 0 Å². The van der Waals surface area contributed by atoms with Crippen LogP contribution in [0.25, 0.3) is 0 Å². The molecule has 5 nitrogen and oxygen atoms in total. The largest absolute Gasteiger partial charge is 0.475 e. The van der Waals surface area contributed by atoms with Crippen molar-refractivity contribution < 1.29 is 14.3 Å². The van der Waals surface area contributed by atoms with Crippen LogP contribution in [0, 0.1) is 0 Å². The molecule has 2 heterocycles. The second-order valence-corrected chi connectivity index (χ2v) is 5.79. The third-order valence-electron chi connectivity index (χ3n) is 4.13. The van der Waals surface area contributed by atoms with Crippen LogP contribution in [0.5, 0.6) is 5.88 Å². The summed E-state index contributed by atoms with van der Waals surface area (Å²) in [5.74, 6) is 0.503.